The molecule has 12 heavy (non-hydrogen) atoms. The molecule has 0 aromatic rings. The van der Waals surface area contributed by atoms with Crippen LogP contribution in [0.15, 0.2) is 0 Å². The van der Waals surface area contributed by atoms with Crippen LogP contribution in [-0.4, -0.2) is 14.0 Å². The molecule has 0 rings (SSSR count). The Bertz CT molecular complexity index is 120. The molecule has 0 aliphatic heterocycles. The molecule has 0 aliphatic rings. The van der Waals surface area contributed by atoms with Crippen molar-refractivity contribution in [1.29, 1.82) is 0 Å². The van der Waals surface area contributed by atoms with E-state index in [2.05, 4.69) is 11.6 Å². The normalized spacial score (nSPS) is 11.5. The smallest absolute Gasteiger partial charge is 0.325 e. The standard InChI is InChI=1S/C8H17BO2.Zr/c1-3-5-6-7(4-2)8(10)11-9;/h7H,3-6,9H2,1-2H3;. The second-order valence-corrected chi connectivity index (χ2v) is 2.77. The van der Waals surface area contributed by atoms with Crippen molar-refractivity contribution in [2.75, 3.05) is 0 Å². The Labute approximate surface area is 95.0 Å². The van der Waals surface area contributed by atoms with Crippen molar-refractivity contribution in [2.45, 2.75) is 39.5 Å². The zero-order valence-electron chi connectivity index (χ0n) is 8.22. The zero-order valence-corrected chi connectivity index (χ0v) is 10.7. The Hall–Kier alpha value is 0.418. The minimum Gasteiger partial charge on any atom is -0.543 e. The molecule has 0 amide bonds. The average Bonchev–Trinajstić information content (AvgIpc) is 2.05. The third kappa shape index (κ3) is 5.99. The third-order valence-corrected chi connectivity index (χ3v) is 1.93. The van der Waals surface area contributed by atoms with Crippen molar-refractivity contribution in [3.63, 3.8) is 0 Å². The summed E-state index contributed by atoms with van der Waals surface area (Å²) < 4.78 is 4.66. The first-order valence-corrected chi connectivity index (χ1v) is 4.34. The number of hydrogen-bond donors (Lipinski definition) is 0. The van der Waals surface area contributed by atoms with Gasteiger partial charge >= 0.3 is 8.05 Å². The van der Waals surface area contributed by atoms with Gasteiger partial charge in [0.25, 0.3) is 5.97 Å². The van der Waals surface area contributed by atoms with Gasteiger partial charge in [0.2, 0.25) is 0 Å². The van der Waals surface area contributed by atoms with Gasteiger partial charge in [-0.2, -0.15) is 0 Å². The molecule has 0 aromatic heterocycles. The van der Waals surface area contributed by atoms with Crippen molar-refractivity contribution in [1.82, 2.24) is 0 Å². The van der Waals surface area contributed by atoms with Crippen molar-refractivity contribution in [2.24, 2.45) is 5.92 Å². The minimum absolute atomic E-state index is 0. The van der Waals surface area contributed by atoms with Crippen LogP contribution in [0.1, 0.15) is 39.5 Å². The molecule has 0 N–H and O–H groups in total. The van der Waals surface area contributed by atoms with Gasteiger partial charge in [0.1, 0.15) is 0 Å². The summed E-state index contributed by atoms with van der Waals surface area (Å²) in [5, 5.41) is 0. The van der Waals surface area contributed by atoms with Crippen molar-refractivity contribution in [3.8, 4) is 0 Å². The van der Waals surface area contributed by atoms with Crippen LogP contribution in [0.2, 0.25) is 0 Å². The van der Waals surface area contributed by atoms with Crippen LogP contribution in [0, 0.1) is 5.92 Å². The van der Waals surface area contributed by atoms with E-state index in [-0.39, 0.29) is 38.1 Å². The van der Waals surface area contributed by atoms with Gasteiger partial charge in [-0.1, -0.05) is 26.7 Å². The number of carbonyl (C=O) groups is 1. The fraction of sp³-hybridized carbons (Fsp3) is 0.875. The summed E-state index contributed by atoms with van der Waals surface area (Å²) in [6, 6.07) is 0. The molecule has 1 unspecified atom stereocenters. The molecule has 0 aliphatic carbocycles. The van der Waals surface area contributed by atoms with E-state index in [9.17, 15) is 4.79 Å². The maximum Gasteiger partial charge on any atom is 0.325 e. The first-order chi connectivity index (χ1) is 5.26. The quantitative estimate of drug-likeness (QED) is 0.684. The molecule has 4 heteroatoms. The van der Waals surface area contributed by atoms with Crippen molar-refractivity contribution < 1.29 is 35.7 Å². The van der Waals surface area contributed by atoms with Crippen molar-refractivity contribution >= 4 is 14.0 Å². The Morgan fingerprint density at radius 1 is 1.50 bits per heavy atom. The van der Waals surface area contributed by atoms with Gasteiger partial charge in [-0.3, -0.25) is 4.79 Å². The molecule has 0 bridgehead atoms. The monoisotopic (exact) mass is 246 g/mol. The SMILES string of the molecule is BOC(=O)C(CC)CCCC.[Zr]. The summed E-state index contributed by atoms with van der Waals surface area (Å²) >= 11 is 0. The number of unbranched alkanes of at least 4 members (excludes halogenated alkanes) is 1. The molecule has 0 radical (unpaired) electrons. The molecule has 0 fully saturated rings. The second-order valence-electron chi connectivity index (χ2n) is 2.77. The largest absolute Gasteiger partial charge is 0.543 e. The van der Waals surface area contributed by atoms with E-state index < -0.39 is 0 Å². The van der Waals surface area contributed by atoms with Crippen molar-refractivity contribution in [3.05, 3.63) is 0 Å². The fourth-order valence-corrected chi connectivity index (χ4v) is 1.11. The summed E-state index contributed by atoms with van der Waals surface area (Å²) in [7, 11) is 1.46. The number of rotatable bonds is 5. The van der Waals surface area contributed by atoms with E-state index in [1.807, 2.05) is 6.92 Å². The maximum atomic E-state index is 11.0. The molecule has 0 heterocycles. The molecule has 0 saturated carbocycles. The molecule has 0 aromatic carbocycles. The molecule has 0 spiro atoms. The van der Waals surface area contributed by atoms with Crippen LogP contribution < -0.4 is 0 Å². The summed E-state index contributed by atoms with van der Waals surface area (Å²) in [5.41, 5.74) is 0. The molecular weight excluding hydrogens is 230 g/mol. The van der Waals surface area contributed by atoms with E-state index in [1.165, 1.54) is 8.05 Å². The second kappa shape index (κ2) is 9.51. The van der Waals surface area contributed by atoms with Gasteiger partial charge < -0.3 is 4.65 Å². The summed E-state index contributed by atoms with van der Waals surface area (Å²) in [6.45, 7) is 4.15. The minimum atomic E-state index is -0.0547. The van der Waals surface area contributed by atoms with Gasteiger partial charge in [-0.25, -0.2) is 0 Å². The van der Waals surface area contributed by atoms with Crippen LogP contribution in [-0.2, 0) is 35.7 Å². The van der Waals surface area contributed by atoms with E-state index in [0.717, 1.165) is 25.7 Å². The van der Waals surface area contributed by atoms with Crippen LogP contribution in [0.25, 0.3) is 0 Å². The van der Waals surface area contributed by atoms with E-state index >= 15 is 0 Å². The predicted molar refractivity (Wildman–Crippen MR) is 47.9 cm³/mol. The summed E-state index contributed by atoms with van der Waals surface area (Å²) in [6.07, 6.45) is 4.13. The Morgan fingerprint density at radius 3 is 2.42 bits per heavy atom. The van der Waals surface area contributed by atoms with Crippen LogP contribution in [0.3, 0.4) is 0 Å². The Kier molecular flexibility index (Phi) is 11.8. The van der Waals surface area contributed by atoms with Gasteiger partial charge in [0.15, 0.2) is 0 Å². The zero-order chi connectivity index (χ0) is 8.69. The van der Waals surface area contributed by atoms with Crippen LogP contribution in [0.5, 0.6) is 0 Å². The third-order valence-electron chi connectivity index (χ3n) is 1.93. The average molecular weight is 247 g/mol. The summed E-state index contributed by atoms with van der Waals surface area (Å²) in [4.78, 5) is 11.0. The number of carbonyl (C=O) groups excluding carboxylic acids is 1. The Morgan fingerprint density at radius 2 is 2.08 bits per heavy atom. The van der Waals surface area contributed by atoms with Crippen LogP contribution in [0.4, 0.5) is 0 Å². The predicted octanol–water partition coefficient (Wildman–Crippen LogP) is 1.29. The summed E-state index contributed by atoms with van der Waals surface area (Å²) in [5.74, 6) is 0.0703. The van der Waals surface area contributed by atoms with Gasteiger partial charge in [-0.05, 0) is 12.8 Å². The van der Waals surface area contributed by atoms with E-state index in [1.54, 1.807) is 0 Å². The molecule has 0 saturated heterocycles. The maximum absolute atomic E-state index is 11.0. The molecule has 68 valence electrons. The molecule has 1 atom stereocenters. The topological polar surface area (TPSA) is 26.3 Å². The first-order valence-electron chi connectivity index (χ1n) is 4.34. The van der Waals surface area contributed by atoms with Gasteiger partial charge in [-0.15, -0.1) is 0 Å². The fourth-order valence-electron chi connectivity index (χ4n) is 1.11. The van der Waals surface area contributed by atoms with E-state index in [4.69, 9.17) is 0 Å². The van der Waals surface area contributed by atoms with E-state index in [0.29, 0.717) is 0 Å². The Balaban J connectivity index is 0. The van der Waals surface area contributed by atoms with Gasteiger partial charge in [0.05, 0.1) is 5.92 Å². The molecule has 2 nitrogen and oxygen atoms in total. The van der Waals surface area contributed by atoms with Gasteiger partial charge in [0, 0.05) is 26.2 Å². The number of hydrogen-bond acceptors (Lipinski definition) is 2. The van der Waals surface area contributed by atoms with Crippen LogP contribution >= 0.6 is 0 Å². The first kappa shape index (κ1) is 14.9. The molecular formula is C8H17BO2Zr.